The molecule has 1 aliphatic rings. The van der Waals surface area contributed by atoms with Gasteiger partial charge in [-0.15, -0.1) is 0 Å². The van der Waals surface area contributed by atoms with Crippen molar-refractivity contribution in [2.24, 2.45) is 4.99 Å². The Morgan fingerprint density at radius 2 is 1.79 bits per heavy atom. The van der Waals surface area contributed by atoms with Gasteiger partial charge in [-0.1, -0.05) is 49.3 Å². The van der Waals surface area contributed by atoms with Crippen LogP contribution in [0.2, 0.25) is 0 Å². The molecule has 2 heterocycles. The predicted octanol–water partition coefficient (Wildman–Crippen LogP) is 4.55. The highest BCUT2D eigenvalue weighted by Gasteiger charge is 2.34. The van der Waals surface area contributed by atoms with E-state index in [4.69, 9.17) is 18.9 Å². The van der Waals surface area contributed by atoms with E-state index in [2.05, 4.69) is 11.9 Å². The van der Waals surface area contributed by atoms with Gasteiger partial charge in [-0.25, -0.2) is 14.6 Å². The number of unbranched alkanes of at least 4 members (excludes halogenated alkanes) is 2. The quantitative estimate of drug-likeness (QED) is 0.238. The molecule has 0 N–H and O–H groups in total. The number of aromatic nitrogens is 1. The Kier molecular flexibility index (Phi) is 10.0. The number of hydrogen-bond donors (Lipinski definition) is 0. The highest BCUT2D eigenvalue weighted by atomic mass is 32.1. The van der Waals surface area contributed by atoms with E-state index in [0.29, 0.717) is 44.3 Å². The number of hydrogen-bond acceptors (Lipinski definition) is 9. The Balaban J connectivity index is 1.80. The van der Waals surface area contributed by atoms with E-state index in [0.717, 1.165) is 24.8 Å². The van der Waals surface area contributed by atoms with Crippen LogP contribution in [-0.4, -0.2) is 43.4 Å². The lowest BCUT2D eigenvalue weighted by Crippen LogP contribution is -2.40. The molecule has 10 heteroatoms. The van der Waals surface area contributed by atoms with Gasteiger partial charge < -0.3 is 18.9 Å². The Labute approximate surface area is 248 Å². The van der Waals surface area contributed by atoms with Gasteiger partial charge in [0.2, 0.25) is 0 Å². The molecule has 9 nitrogen and oxygen atoms in total. The summed E-state index contributed by atoms with van der Waals surface area (Å²) in [7, 11) is 2.89. The number of carbonyl (C=O) groups is 2. The number of carbonyl (C=O) groups excluding carboxylic acids is 2. The van der Waals surface area contributed by atoms with Gasteiger partial charge in [0.1, 0.15) is 0 Å². The summed E-state index contributed by atoms with van der Waals surface area (Å²) in [5, 5.41) is 0. The largest absolute Gasteiger partial charge is 0.493 e. The van der Waals surface area contributed by atoms with E-state index in [1.807, 2.05) is 18.2 Å². The van der Waals surface area contributed by atoms with Crippen molar-refractivity contribution in [2.75, 3.05) is 20.8 Å². The lowest BCUT2D eigenvalue weighted by atomic mass is 9.95. The van der Waals surface area contributed by atoms with Crippen LogP contribution in [0.5, 0.6) is 11.5 Å². The van der Waals surface area contributed by atoms with Gasteiger partial charge >= 0.3 is 11.9 Å². The zero-order valence-corrected chi connectivity index (χ0v) is 25.6. The van der Waals surface area contributed by atoms with Crippen LogP contribution in [0.1, 0.15) is 74.5 Å². The first-order chi connectivity index (χ1) is 20.2. The Hall–Kier alpha value is -4.18. The van der Waals surface area contributed by atoms with E-state index < -0.39 is 18.0 Å². The molecule has 3 aromatic rings. The number of fused-ring (bicyclic) bond motifs is 1. The molecule has 1 aromatic heterocycles. The Morgan fingerprint density at radius 3 is 2.43 bits per heavy atom. The van der Waals surface area contributed by atoms with Crippen LogP contribution < -0.4 is 24.4 Å². The van der Waals surface area contributed by atoms with Gasteiger partial charge in [0.05, 0.1) is 54.3 Å². The van der Waals surface area contributed by atoms with Crippen molar-refractivity contribution < 1.29 is 28.5 Å². The van der Waals surface area contributed by atoms with Crippen LogP contribution in [-0.2, 0) is 14.3 Å². The minimum Gasteiger partial charge on any atom is -0.493 e. The third-order valence-electron chi connectivity index (χ3n) is 6.72. The van der Waals surface area contributed by atoms with E-state index in [9.17, 15) is 14.4 Å². The number of allylic oxidation sites excluding steroid dienone is 1. The molecule has 0 saturated heterocycles. The smallest absolute Gasteiger partial charge is 0.338 e. The predicted molar refractivity (Wildman–Crippen MR) is 161 cm³/mol. The van der Waals surface area contributed by atoms with Gasteiger partial charge in [-0.2, -0.15) is 0 Å². The molecule has 0 bridgehead atoms. The number of nitrogens with zero attached hydrogens (tertiary/aromatic N) is 2. The SMILES string of the molecule is CCCCCOc1ccc(C=c2sc3n(c2=O)C(c2ccc(C(=O)OC)cc2)C(C(=O)OC(C)C)=C(C)N=3)cc1OC. The molecule has 1 aliphatic heterocycles. The number of rotatable bonds is 11. The molecular weight excluding hydrogens is 556 g/mol. The monoisotopic (exact) mass is 592 g/mol. The fourth-order valence-corrected chi connectivity index (χ4v) is 5.72. The topological polar surface area (TPSA) is 105 Å². The first-order valence-corrected chi connectivity index (χ1v) is 14.7. The maximum atomic E-state index is 13.9. The summed E-state index contributed by atoms with van der Waals surface area (Å²) in [6, 6.07) is 11.4. The first kappa shape index (κ1) is 30.8. The van der Waals surface area contributed by atoms with Crippen LogP contribution in [0.15, 0.2) is 63.5 Å². The van der Waals surface area contributed by atoms with E-state index in [1.54, 1.807) is 58.2 Å². The molecule has 0 saturated carbocycles. The Morgan fingerprint density at radius 1 is 1.05 bits per heavy atom. The standard InChI is InChI=1S/C32H36N2O7S/c1-7-8-9-16-40-24-15-10-21(17-25(24)38-5)18-26-29(35)34-28(22-11-13-23(14-12-22)30(36)39-6)27(31(37)41-19(2)3)20(4)33-32(34)42-26/h10-15,17-19,28H,7-9,16H2,1-6H3. The minimum atomic E-state index is -0.797. The number of thiazole rings is 1. The van der Waals surface area contributed by atoms with Gasteiger partial charge in [-0.3, -0.25) is 9.36 Å². The van der Waals surface area contributed by atoms with E-state index in [-0.39, 0.29) is 17.2 Å². The van der Waals surface area contributed by atoms with Crippen LogP contribution in [0, 0.1) is 0 Å². The summed E-state index contributed by atoms with van der Waals surface area (Å²) in [6.07, 6.45) is 4.57. The molecule has 0 spiro atoms. The van der Waals surface area contributed by atoms with Crippen molar-refractivity contribution in [1.82, 2.24) is 4.57 Å². The van der Waals surface area contributed by atoms with Crippen LogP contribution in [0.4, 0.5) is 0 Å². The normalized spacial score (nSPS) is 14.8. The van der Waals surface area contributed by atoms with Gasteiger partial charge in [0, 0.05) is 0 Å². The molecule has 1 atom stereocenters. The lowest BCUT2D eigenvalue weighted by molar-refractivity contribution is -0.143. The number of esters is 2. The average Bonchev–Trinajstić information content (AvgIpc) is 3.28. The van der Waals surface area contributed by atoms with Crippen molar-refractivity contribution >= 4 is 29.4 Å². The number of methoxy groups -OCH3 is 2. The maximum Gasteiger partial charge on any atom is 0.338 e. The Bertz CT molecular complexity index is 1670. The summed E-state index contributed by atoms with van der Waals surface area (Å²) in [4.78, 5) is 44.3. The molecule has 0 radical (unpaired) electrons. The molecule has 4 rings (SSSR count). The van der Waals surface area contributed by atoms with Crippen LogP contribution in [0.25, 0.3) is 6.08 Å². The summed E-state index contributed by atoms with van der Waals surface area (Å²) < 4.78 is 23.8. The average molecular weight is 593 g/mol. The molecule has 222 valence electrons. The first-order valence-electron chi connectivity index (χ1n) is 13.9. The summed E-state index contributed by atoms with van der Waals surface area (Å²) in [6.45, 7) is 8.00. The number of ether oxygens (including phenoxy) is 4. The molecule has 2 aromatic carbocycles. The fourth-order valence-electron chi connectivity index (χ4n) is 4.67. The van der Waals surface area contributed by atoms with Crippen LogP contribution in [0.3, 0.4) is 0 Å². The maximum absolute atomic E-state index is 13.9. The van der Waals surface area contributed by atoms with Crippen molar-refractivity contribution in [3.63, 3.8) is 0 Å². The highest BCUT2D eigenvalue weighted by molar-refractivity contribution is 7.07. The van der Waals surface area contributed by atoms with Crippen LogP contribution >= 0.6 is 11.3 Å². The number of benzene rings is 2. The zero-order chi connectivity index (χ0) is 30.4. The summed E-state index contributed by atoms with van der Waals surface area (Å²) >= 11 is 1.23. The van der Waals surface area contributed by atoms with E-state index >= 15 is 0 Å². The highest BCUT2D eigenvalue weighted by Crippen LogP contribution is 2.32. The van der Waals surface area contributed by atoms with Gasteiger partial charge in [0.15, 0.2) is 16.3 Å². The second-order valence-electron chi connectivity index (χ2n) is 10.1. The lowest BCUT2D eigenvalue weighted by Gasteiger charge is -2.25. The van der Waals surface area contributed by atoms with Crippen molar-refractivity contribution in [3.05, 3.63) is 90.1 Å². The molecule has 0 fully saturated rings. The second-order valence-corrected chi connectivity index (χ2v) is 11.1. The minimum absolute atomic E-state index is 0.264. The zero-order valence-electron chi connectivity index (χ0n) is 24.8. The van der Waals surface area contributed by atoms with Gasteiger partial charge in [-0.05, 0) is 68.7 Å². The van der Waals surface area contributed by atoms with Crippen molar-refractivity contribution in [3.8, 4) is 11.5 Å². The summed E-state index contributed by atoms with van der Waals surface area (Å²) in [5.74, 6) is 0.184. The third-order valence-corrected chi connectivity index (χ3v) is 7.71. The molecule has 0 aliphatic carbocycles. The van der Waals surface area contributed by atoms with Gasteiger partial charge in [0.25, 0.3) is 5.56 Å². The molecule has 1 unspecified atom stereocenters. The molecule has 42 heavy (non-hydrogen) atoms. The third kappa shape index (κ3) is 6.65. The van der Waals surface area contributed by atoms with Crippen molar-refractivity contribution in [2.45, 2.75) is 59.1 Å². The fraction of sp³-hybridized carbons (Fsp3) is 0.375. The second kappa shape index (κ2) is 13.7. The summed E-state index contributed by atoms with van der Waals surface area (Å²) in [5.41, 5.74) is 2.16. The van der Waals surface area contributed by atoms with E-state index in [1.165, 1.54) is 23.0 Å². The van der Waals surface area contributed by atoms with Crippen molar-refractivity contribution in [1.29, 1.82) is 0 Å². The molecular formula is C32H36N2O7S. The molecule has 0 amide bonds.